The van der Waals surface area contributed by atoms with E-state index in [1.807, 2.05) is 48.5 Å². The Hall–Kier alpha value is -1.53. The summed E-state index contributed by atoms with van der Waals surface area (Å²) < 4.78 is 12.2. The predicted octanol–water partition coefficient (Wildman–Crippen LogP) is 3.80. The van der Waals surface area contributed by atoms with Crippen molar-refractivity contribution >= 4 is 18.7 Å². The number of hydrogen-bond donors (Lipinski definition) is 1. The highest BCUT2D eigenvalue weighted by Crippen LogP contribution is 2.49. The van der Waals surface area contributed by atoms with Crippen LogP contribution >= 0.6 is 0 Å². The number of nitrogens with zero attached hydrogens (tertiary/aromatic N) is 1. The maximum Gasteiger partial charge on any atom is 0.494 e. The monoisotopic (exact) mass is 373 g/mol. The van der Waals surface area contributed by atoms with Crippen molar-refractivity contribution in [2.24, 2.45) is 0 Å². The van der Waals surface area contributed by atoms with E-state index in [4.69, 9.17) is 9.31 Å². The molecule has 0 aromatic heterocycles. The van der Waals surface area contributed by atoms with Crippen molar-refractivity contribution in [1.82, 2.24) is 4.90 Å². The van der Waals surface area contributed by atoms with E-state index in [9.17, 15) is 9.90 Å². The van der Waals surface area contributed by atoms with Crippen LogP contribution in [0.1, 0.15) is 66.9 Å². The van der Waals surface area contributed by atoms with Crippen LogP contribution in [0.3, 0.4) is 0 Å². The highest BCUT2D eigenvalue weighted by atomic mass is 16.7. The summed E-state index contributed by atoms with van der Waals surface area (Å²) in [5.41, 5.74) is 0.993. The molecule has 2 aliphatic rings. The van der Waals surface area contributed by atoms with Gasteiger partial charge in [-0.3, -0.25) is 0 Å². The van der Waals surface area contributed by atoms with E-state index in [1.54, 1.807) is 4.90 Å². The third-order valence-corrected chi connectivity index (χ3v) is 6.40. The molecule has 0 radical (unpaired) electrons. The van der Waals surface area contributed by atoms with Crippen LogP contribution in [0.25, 0.3) is 0 Å². The highest BCUT2D eigenvalue weighted by molar-refractivity contribution is 6.62. The van der Waals surface area contributed by atoms with Crippen LogP contribution in [-0.2, 0) is 14.7 Å². The third-order valence-electron chi connectivity index (χ3n) is 6.40. The summed E-state index contributed by atoms with van der Waals surface area (Å²) in [5, 5.41) is 9.63. The number of amides is 1. The van der Waals surface area contributed by atoms with Crippen LogP contribution in [0, 0.1) is 0 Å². The van der Waals surface area contributed by atoms with Gasteiger partial charge in [0.2, 0.25) is 0 Å². The molecule has 1 heterocycles. The molecule has 1 aliphatic heterocycles. The molecule has 5 nitrogen and oxygen atoms in total. The Balaban J connectivity index is 1.77. The van der Waals surface area contributed by atoms with Crippen LogP contribution in [0.5, 0.6) is 0 Å². The molecule has 6 heteroatoms. The van der Waals surface area contributed by atoms with Crippen molar-refractivity contribution in [3.63, 3.8) is 0 Å². The maximum atomic E-state index is 11.7. The second-order valence-corrected chi connectivity index (χ2v) is 10.0. The lowest BCUT2D eigenvalue weighted by molar-refractivity contribution is 0.00578. The topological polar surface area (TPSA) is 59.0 Å². The zero-order valence-corrected chi connectivity index (χ0v) is 17.6. The van der Waals surface area contributed by atoms with Gasteiger partial charge in [-0.15, -0.1) is 0 Å². The number of hydrogen-bond acceptors (Lipinski definition) is 3. The standard InChI is InChI=1S/C21H32BNO4/c1-18(2,3)23(17(24)25)14-21(12-13-21)15-8-10-16(11-9-15)22-26-19(4,5)20(6,7)27-22/h8-11H,12-14H2,1-7H3,(H,24,25). The summed E-state index contributed by atoms with van der Waals surface area (Å²) in [6.07, 6.45) is 1.17. The van der Waals surface area contributed by atoms with Gasteiger partial charge in [-0.25, -0.2) is 4.79 Å². The smallest absolute Gasteiger partial charge is 0.465 e. The van der Waals surface area contributed by atoms with Crippen molar-refractivity contribution in [3.8, 4) is 0 Å². The summed E-state index contributed by atoms with van der Waals surface area (Å²) >= 11 is 0. The molecule has 148 valence electrons. The van der Waals surface area contributed by atoms with Gasteiger partial charge in [0, 0.05) is 17.5 Å². The van der Waals surface area contributed by atoms with Gasteiger partial charge in [0.15, 0.2) is 0 Å². The van der Waals surface area contributed by atoms with Gasteiger partial charge in [0.1, 0.15) is 0 Å². The van der Waals surface area contributed by atoms with Crippen molar-refractivity contribution < 1.29 is 19.2 Å². The normalized spacial score (nSPS) is 22.6. The van der Waals surface area contributed by atoms with Gasteiger partial charge >= 0.3 is 13.2 Å². The fourth-order valence-electron chi connectivity index (χ4n) is 3.56. The van der Waals surface area contributed by atoms with Gasteiger partial charge in [-0.2, -0.15) is 0 Å². The zero-order valence-electron chi connectivity index (χ0n) is 17.6. The molecule has 0 atom stereocenters. The first-order valence-corrected chi connectivity index (χ1v) is 9.74. The molecule has 27 heavy (non-hydrogen) atoms. The van der Waals surface area contributed by atoms with E-state index >= 15 is 0 Å². The van der Waals surface area contributed by atoms with E-state index in [1.165, 1.54) is 5.56 Å². The molecule has 3 rings (SSSR count). The molecular formula is C21H32BNO4. The zero-order chi connectivity index (χ0) is 20.3. The van der Waals surface area contributed by atoms with Crippen LogP contribution in [0.15, 0.2) is 24.3 Å². The van der Waals surface area contributed by atoms with Crippen LogP contribution < -0.4 is 5.46 Å². The van der Waals surface area contributed by atoms with Gasteiger partial charge in [0.25, 0.3) is 0 Å². The first kappa shape index (κ1) is 20.2. The van der Waals surface area contributed by atoms with Gasteiger partial charge < -0.3 is 19.3 Å². The van der Waals surface area contributed by atoms with E-state index in [0.29, 0.717) is 6.54 Å². The largest absolute Gasteiger partial charge is 0.494 e. The number of rotatable bonds is 4. The molecule has 0 bridgehead atoms. The Labute approximate surface area is 163 Å². The average molecular weight is 373 g/mol. The molecule has 1 saturated heterocycles. The number of benzene rings is 1. The SMILES string of the molecule is CC(C)(C)N(CC1(c2ccc(B3OC(C)(C)C(C)(C)O3)cc2)CC1)C(=O)O. The molecule has 1 saturated carbocycles. The van der Waals surface area contributed by atoms with Crippen LogP contribution in [-0.4, -0.2) is 46.5 Å². The van der Waals surface area contributed by atoms with Crippen LogP contribution in [0.2, 0.25) is 0 Å². The number of carboxylic acid groups (broad SMARTS) is 1. The van der Waals surface area contributed by atoms with Gasteiger partial charge in [0.05, 0.1) is 11.2 Å². The average Bonchev–Trinajstić information content (AvgIpc) is 3.27. The van der Waals surface area contributed by atoms with Crippen molar-refractivity contribution in [2.75, 3.05) is 6.54 Å². The minimum Gasteiger partial charge on any atom is -0.465 e. The summed E-state index contributed by atoms with van der Waals surface area (Å²) in [6, 6.07) is 8.33. The Kier molecular flexibility index (Phi) is 4.68. The minimum absolute atomic E-state index is 0.0693. The molecule has 0 unspecified atom stereocenters. The minimum atomic E-state index is -0.859. The van der Waals surface area contributed by atoms with Crippen molar-refractivity contribution in [1.29, 1.82) is 0 Å². The summed E-state index contributed by atoms with van der Waals surface area (Å²) in [6.45, 7) is 14.6. The number of carbonyl (C=O) groups is 1. The highest BCUT2D eigenvalue weighted by Gasteiger charge is 2.52. The molecule has 2 fully saturated rings. The summed E-state index contributed by atoms with van der Waals surface area (Å²) in [7, 11) is -0.371. The summed E-state index contributed by atoms with van der Waals surface area (Å²) in [5.74, 6) is 0. The van der Waals surface area contributed by atoms with Crippen LogP contribution in [0.4, 0.5) is 4.79 Å². The van der Waals surface area contributed by atoms with Crippen molar-refractivity contribution in [2.45, 2.75) is 83.5 Å². The molecule has 1 aromatic carbocycles. The maximum absolute atomic E-state index is 11.7. The van der Waals surface area contributed by atoms with Gasteiger partial charge in [-0.1, -0.05) is 24.3 Å². The lowest BCUT2D eigenvalue weighted by Gasteiger charge is -2.36. The van der Waals surface area contributed by atoms with E-state index in [0.717, 1.165) is 18.3 Å². The first-order valence-electron chi connectivity index (χ1n) is 9.74. The second kappa shape index (κ2) is 6.24. The van der Waals surface area contributed by atoms with E-state index in [2.05, 4.69) is 24.3 Å². The Morgan fingerprint density at radius 1 is 1.07 bits per heavy atom. The third kappa shape index (κ3) is 3.74. The van der Waals surface area contributed by atoms with E-state index < -0.39 is 11.6 Å². The predicted molar refractivity (Wildman–Crippen MR) is 108 cm³/mol. The molecule has 1 N–H and O–H groups in total. The first-order chi connectivity index (χ1) is 12.3. The molecule has 0 spiro atoms. The fourth-order valence-corrected chi connectivity index (χ4v) is 3.56. The Morgan fingerprint density at radius 3 is 1.93 bits per heavy atom. The van der Waals surface area contributed by atoms with Gasteiger partial charge in [-0.05, 0) is 72.3 Å². The molecule has 1 aliphatic carbocycles. The fraction of sp³-hybridized carbons (Fsp3) is 0.667. The second-order valence-electron chi connectivity index (χ2n) is 10.0. The quantitative estimate of drug-likeness (QED) is 0.816. The lowest BCUT2D eigenvalue weighted by atomic mass is 9.78. The Bertz CT molecular complexity index is 701. The Morgan fingerprint density at radius 2 is 1.56 bits per heavy atom. The molecular weight excluding hydrogens is 341 g/mol. The van der Waals surface area contributed by atoms with E-state index in [-0.39, 0.29) is 23.7 Å². The summed E-state index contributed by atoms with van der Waals surface area (Å²) in [4.78, 5) is 13.3. The lowest BCUT2D eigenvalue weighted by Crippen LogP contribution is -2.48. The molecule has 1 amide bonds. The molecule has 1 aromatic rings. The van der Waals surface area contributed by atoms with Crippen molar-refractivity contribution in [3.05, 3.63) is 29.8 Å².